The predicted molar refractivity (Wildman–Crippen MR) is 114 cm³/mol. The molecule has 1 heterocycles. The van der Waals surface area contributed by atoms with Gasteiger partial charge in [0.25, 0.3) is 0 Å². The van der Waals surface area contributed by atoms with Gasteiger partial charge in [0.1, 0.15) is 5.82 Å². The molecule has 1 N–H and O–H groups in total. The number of para-hydroxylation sites is 1. The maximum atomic E-state index is 12.6. The van der Waals surface area contributed by atoms with E-state index in [1.54, 1.807) is 18.2 Å². The Morgan fingerprint density at radius 2 is 1.93 bits per heavy atom. The van der Waals surface area contributed by atoms with Gasteiger partial charge in [0.2, 0.25) is 11.1 Å². The predicted octanol–water partition coefficient (Wildman–Crippen LogP) is 5.57. The molecule has 1 aliphatic carbocycles. The van der Waals surface area contributed by atoms with Gasteiger partial charge in [0.15, 0.2) is 0 Å². The standard InChI is InChI=1S/C20H18Cl2N4OS/c1-12(19(27)23-16-9-5-8-15(21)17(16)22)28-20-24-18(13-10-11-13)26(25-20)14-6-3-2-4-7-14/h2-9,12-13H,10-11H2,1H3,(H,23,27). The van der Waals surface area contributed by atoms with Crippen molar-refractivity contribution in [2.24, 2.45) is 0 Å². The van der Waals surface area contributed by atoms with E-state index in [2.05, 4.69) is 10.4 Å². The summed E-state index contributed by atoms with van der Waals surface area (Å²) in [7, 11) is 0. The molecule has 28 heavy (non-hydrogen) atoms. The summed E-state index contributed by atoms with van der Waals surface area (Å²) in [5.74, 6) is 1.22. The number of aromatic nitrogens is 3. The number of hydrogen-bond acceptors (Lipinski definition) is 4. The lowest BCUT2D eigenvalue weighted by atomic mass is 10.3. The van der Waals surface area contributed by atoms with Crippen LogP contribution in [-0.2, 0) is 4.79 Å². The lowest BCUT2D eigenvalue weighted by Gasteiger charge is -2.11. The number of hydrogen-bond donors (Lipinski definition) is 1. The van der Waals surface area contributed by atoms with Crippen LogP contribution in [0.5, 0.6) is 0 Å². The van der Waals surface area contributed by atoms with Gasteiger partial charge >= 0.3 is 0 Å². The third-order valence-corrected chi connectivity index (χ3v) is 6.19. The summed E-state index contributed by atoms with van der Waals surface area (Å²) in [5, 5.41) is 8.39. The van der Waals surface area contributed by atoms with E-state index in [1.807, 2.05) is 41.9 Å². The molecule has 1 aliphatic rings. The van der Waals surface area contributed by atoms with Crippen molar-refractivity contribution in [2.75, 3.05) is 5.32 Å². The molecule has 144 valence electrons. The number of carbonyl (C=O) groups excluding carboxylic acids is 1. The second-order valence-corrected chi connectivity index (χ2v) is 8.72. The molecule has 0 saturated heterocycles. The van der Waals surface area contributed by atoms with E-state index in [9.17, 15) is 4.79 Å². The van der Waals surface area contributed by atoms with Crippen LogP contribution in [0.1, 0.15) is 31.5 Å². The van der Waals surface area contributed by atoms with Crippen LogP contribution in [0.2, 0.25) is 10.0 Å². The molecule has 8 heteroatoms. The lowest BCUT2D eigenvalue weighted by molar-refractivity contribution is -0.115. The number of halogens is 2. The molecule has 1 atom stereocenters. The fraction of sp³-hybridized carbons (Fsp3) is 0.250. The second-order valence-electron chi connectivity index (χ2n) is 6.62. The third-order valence-electron chi connectivity index (χ3n) is 4.42. The molecule has 0 aliphatic heterocycles. The van der Waals surface area contributed by atoms with Crippen molar-refractivity contribution in [3.8, 4) is 5.69 Å². The van der Waals surface area contributed by atoms with Crippen molar-refractivity contribution < 1.29 is 4.79 Å². The van der Waals surface area contributed by atoms with Crippen LogP contribution in [0.4, 0.5) is 5.69 Å². The van der Waals surface area contributed by atoms with Gasteiger partial charge in [0.05, 0.1) is 26.7 Å². The summed E-state index contributed by atoms with van der Waals surface area (Å²) in [6.45, 7) is 1.82. The van der Waals surface area contributed by atoms with Gasteiger partial charge in [-0.15, -0.1) is 5.10 Å². The minimum absolute atomic E-state index is 0.182. The first-order valence-corrected chi connectivity index (χ1v) is 10.6. The Hall–Kier alpha value is -2.02. The minimum Gasteiger partial charge on any atom is -0.324 e. The van der Waals surface area contributed by atoms with Crippen molar-refractivity contribution in [3.05, 3.63) is 64.4 Å². The van der Waals surface area contributed by atoms with Gasteiger partial charge in [-0.25, -0.2) is 9.67 Å². The molecule has 1 unspecified atom stereocenters. The molecule has 0 spiro atoms. The molecule has 1 fully saturated rings. The van der Waals surface area contributed by atoms with Crippen molar-refractivity contribution in [2.45, 2.75) is 36.1 Å². The second kappa shape index (κ2) is 8.15. The van der Waals surface area contributed by atoms with Gasteiger partial charge in [-0.1, -0.05) is 59.2 Å². The summed E-state index contributed by atoms with van der Waals surface area (Å²) >= 11 is 13.5. The number of anilines is 1. The van der Waals surface area contributed by atoms with Crippen LogP contribution in [-0.4, -0.2) is 25.9 Å². The highest BCUT2D eigenvalue weighted by molar-refractivity contribution is 8.00. The normalized spacial score (nSPS) is 14.7. The molecule has 1 saturated carbocycles. The number of nitrogens with one attached hydrogen (secondary N) is 1. The monoisotopic (exact) mass is 432 g/mol. The molecule has 3 aromatic rings. The van der Waals surface area contributed by atoms with Gasteiger partial charge in [-0.2, -0.15) is 0 Å². The lowest BCUT2D eigenvalue weighted by Crippen LogP contribution is -2.22. The highest BCUT2D eigenvalue weighted by atomic mass is 35.5. The first kappa shape index (κ1) is 19.3. The van der Waals surface area contributed by atoms with Gasteiger partial charge in [-0.05, 0) is 44.0 Å². The number of rotatable bonds is 6. The van der Waals surface area contributed by atoms with Gasteiger partial charge in [0, 0.05) is 5.92 Å². The fourth-order valence-corrected chi connectivity index (χ4v) is 3.87. The molecule has 0 bridgehead atoms. The Morgan fingerprint density at radius 3 is 2.64 bits per heavy atom. The van der Waals surface area contributed by atoms with Crippen molar-refractivity contribution >= 4 is 46.6 Å². The Labute approximate surface area is 177 Å². The fourth-order valence-electron chi connectivity index (χ4n) is 2.77. The summed E-state index contributed by atoms with van der Waals surface area (Å²) in [4.78, 5) is 17.3. The number of amides is 1. The molecule has 1 amide bonds. The molecule has 5 nitrogen and oxygen atoms in total. The van der Waals surface area contributed by atoms with Gasteiger partial charge < -0.3 is 5.32 Å². The molecule has 4 rings (SSSR count). The maximum Gasteiger partial charge on any atom is 0.237 e. The van der Waals surface area contributed by atoms with E-state index in [0.29, 0.717) is 26.8 Å². The van der Waals surface area contributed by atoms with Crippen molar-refractivity contribution in [3.63, 3.8) is 0 Å². The minimum atomic E-state index is -0.395. The Bertz CT molecular complexity index is 1000. The van der Waals surface area contributed by atoms with Crippen molar-refractivity contribution in [1.29, 1.82) is 0 Å². The van der Waals surface area contributed by atoms with Crippen molar-refractivity contribution in [1.82, 2.24) is 14.8 Å². The maximum absolute atomic E-state index is 12.6. The number of nitrogens with zero attached hydrogens (tertiary/aromatic N) is 3. The molecule has 1 aromatic heterocycles. The average Bonchev–Trinajstić information content (AvgIpc) is 3.46. The third kappa shape index (κ3) is 4.19. The topological polar surface area (TPSA) is 59.8 Å². The first-order valence-electron chi connectivity index (χ1n) is 8.97. The van der Waals surface area contributed by atoms with E-state index in [0.717, 1.165) is 24.4 Å². The van der Waals surface area contributed by atoms with Crippen LogP contribution in [0.15, 0.2) is 53.7 Å². The van der Waals surface area contributed by atoms with Crippen LogP contribution >= 0.6 is 35.0 Å². The first-order chi connectivity index (χ1) is 13.5. The van der Waals surface area contributed by atoms with E-state index >= 15 is 0 Å². The SMILES string of the molecule is CC(Sc1nc(C2CC2)n(-c2ccccc2)n1)C(=O)Nc1cccc(Cl)c1Cl. The number of thioether (sulfide) groups is 1. The Balaban J connectivity index is 1.51. The quantitative estimate of drug-likeness (QED) is 0.517. The largest absolute Gasteiger partial charge is 0.324 e. The molecule has 2 aromatic carbocycles. The van der Waals surface area contributed by atoms with Crippen LogP contribution < -0.4 is 5.32 Å². The smallest absolute Gasteiger partial charge is 0.237 e. The number of carbonyl (C=O) groups is 1. The highest BCUT2D eigenvalue weighted by Crippen LogP contribution is 2.40. The van der Waals surface area contributed by atoms with Crippen LogP contribution in [0, 0.1) is 0 Å². The van der Waals surface area contributed by atoms with E-state index in [1.165, 1.54) is 11.8 Å². The molecular weight excluding hydrogens is 415 g/mol. The highest BCUT2D eigenvalue weighted by Gasteiger charge is 2.31. The zero-order valence-electron chi connectivity index (χ0n) is 15.1. The molecular formula is C20H18Cl2N4OS. The summed E-state index contributed by atoms with van der Waals surface area (Å²) in [6, 6.07) is 15.1. The van der Waals surface area contributed by atoms with E-state index < -0.39 is 5.25 Å². The van der Waals surface area contributed by atoms with Crippen LogP contribution in [0.25, 0.3) is 5.69 Å². The summed E-state index contributed by atoms with van der Waals surface area (Å²) < 4.78 is 1.89. The average molecular weight is 433 g/mol. The molecule has 0 radical (unpaired) electrons. The summed E-state index contributed by atoms with van der Waals surface area (Å²) in [5.41, 5.74) is 1.47. The van der Waals surface area contributed by atoms with E-state index in [4.69, 9.17) is 28.2 Å². The van der Waals surface area contributed by atoms with E-state index in [-0.39, 0.29) is 5.91 Å². The Morgan fingerprint density at radius 1 is 1.18 bits per heavy atom. The van der Waals surface area contributed by atoms with Gasteiger partial charge in [-0.3, -0.25) is 4.79 Å². The Kier molecular flexibility index (Phi) is 5.62. The van der Waals surface area contributed by atoms with Crippen LogP contribution in [0.3, 0.4) is 0 Å². The zero-order chi connectivity index (χ0) is 19.7. The number of benzene rings is 2. The summed E-state index contributed by atoms with van der Waals surface area (Å²) in [6.07, 6.45) is 2.25. The zero-order valence-corrected chi connectivity index (χ0v) is 17.4.